The van der Waals surface area contributed by atoms with E-state index in [-0.39, 0.29) is 5.56 Å². The zero-order chi connectivity index (χ0) is 19.4. The summed E-state index contributed by atoms with van der Waals surface area (Å²) < 4.78 is 7.03. The monoisotopic (exact) mass is 362 g/mol. The van der Waals surface area contributed by atoms with Gasteiger partial charge in [-0.3, -0.25) is 0 Å². The lowest BCUT2D eigenvalue weighted by molar-refractivity contribution is -0.139. The number of aromatic nitrogens is 1. The molecule has 3 aromatic rings. The van der Waals surface area contributed by atoms with Gasteiger partial charge in [0.05, 0.1) is 11.1 Å². The number of hydrogen-bond donors (Lipinski definition) is 2. The maximum atomic E-state index is 11.0. The number of carbonyl (C=O) groups is 2. The Labute approximate surface area is 154 Å². The number of benzene rings is 2. The van der Waals surface area contributed by atoms with Gasteiger partial charge in [-0.2, -0.15) is 5.26 Å². The van der Waals surface area contributed by atoms with E-state index in [2.05, 4.69) is 6.07 Å². The molecule has 0 saturated heterocycles. The van der Waals surface area contributed by atoms with Crippen molar-refractivity contribution in [2.75, 3.05) is 6.61 Å². The summed E-state index contributed by atoms with van der Waals surface area (Å²) in [5.41, 5.74) is 2.41. The van der Waals surface area contributed by atoms with Crippen LogP contribution in [-0.2, 0) is 4.79 Å². The van der Waals surface area contributed by atoms with Crippen molar-refractivity contribution in [1.82, 2.24) is 4.57 Å². The summed E-state index contributed by atoms with van der Waals surface area (Å²) in [6.07, 6.45) is 3.34. The van der Waals surface area contributed by atoms with Gasteiger partial charge in [0, 0.05) is 29.2 Å². The molecule has 0 amide bonds. The normalized spacial score (nSPS) is 10.2. The van der Waals surface area contributed by atoms with Crippen LogP contribution in [0, 0.1) is 11.3 Å². The number of rotatable bonds is 6. The predicted molar refractivity (Wildman–Crippen MR) is 96.0 cm³/mol. The summed E-state index contributed by atoms with van der Waals surface area (Å²) in [4.78, 5) is 21.8. The Morgan fingerprint density at radius 1 is 1.00 bits per heavy atom. The summed E-state index contributed by atoms with van der Waals surface area (Å²) in [5, 5.41) is 27.3. The Balaban J connectivity index is 2.02. The highest BCUT2D eigenvalue weighted by Crippen LogP contribution is 2.33. The minimum absolute atomic E-state index is 0.166. The molecule has 3 rings (SSSR count). The molecule has 2 N–H and O–H groups in total. The average Bonchev–Trinajstić information content (AvgIpc) is 3.11. The smallest absolute Gasteiger partial charge is 0.341 e. The Morgan fingerprint density at radius 2 is 1.70 bits per heavy atom. The maximum Gasteiger partial charge on any atom is 0.341 e. The Morgan fingerprint density at radius 3 is 2.33 bits per heavy atom. The van der Waals surface area contributed by atoms with E-state index >= 15 is 0 Å². The van der Waals surface area contributed by atoms with E-state index in [0.717, 1.165) is 0 Å². The molecule has 0 atom stereocenters. The van der Waals surface area contributed by atoms with E-state index in [4.69, 9.17) is 14.9 Å². The quantitative estimate of drug-likeness (QED) is 0.696. The summed E-state index contributed by atoms with van der Waals surface area (Å²) in [6, 6.07) is 15.2. The van der Waals surface area contributed by atoms with Crippen LogP contribution in [0.1, 0.15) is 15.9 Å². The van der Waals surface area contributed by atoms with Gasteiger partial charge in [-0.05, 0) is 30.3 Å². The average molecular weight is 362 g/mol. The van der Waals surface area contributed by atoms with Gasteiger partial charge in [-0.15, -0.1) is 0 Å². The van der Waals surface area contributed by atoms with Crippen LogP contribution in [0.25, 0.3) is 16.8 Å². The zero-order valence-electron chi connectivity index (χ0n) is 14.0. The van der Waals surface area contributed by atoms with Crippen LogP contribution in [0.3, 0.4) is 0 Å². The van der Waals surface area contributed by atoms with Crippen LogP contribution in [0.4, 0.5) is 0 Å². The van der Waals surface area contributed by atoms with Gasteiger partial charge in [-0.1, -0.05) is 18.2 Å². The van der Waals surface area contributed by atoms with Crippen molar-refractivity contribution in [2.45, 2.75) is 0 Å². The van der Waals surface area contributed by atoms with Crippen molar-refractivity contribution in [3.8, 4) is 28.6 Å². The molecule has 0 bridgehead atoms. The third-order valence-electron chi connectivity index (χ3n) is 3.89. The molecule has 1 heterocycles. The molecule has 27 heavy (non-hydrogen) atoms. The molecular weight excluding hydrogens is 348 g/mol. The van der Waals surface area contributed by atoms with E-state index < -0.39 is 18.5 Å². The molecule has 0 radical (unpaired) electrons. The van der Waals surface area contributed by atoms with Gasteiger partial charge in [0.15, 0.2) is 6.61 Å². The molecule has 0 aliphatic carbocycles. The van der Waals surface area contributed by atoms with Crippen molar-refractivity contribution in [1.29, 1.82) is 5.26 Å². The fraction of sp³-hybridized carbons (Fsp3) is 0.0500. The molecule has 0 spiro atoms. The molecule has 0 saturated carbocycles. The van der Waals surface area contributed by atoms with E-state index in [1.807, 2.05) is 0 Å². The Bertz CT molecular complexity index is 1040. The standard InChI is InChI=1S/C20H14N2O5/c21-9-14-10-22(15-7-5-13(6-8-15)20(25)26)11-17(14)16-3-1-2-4-18(16)27-12-19(23)24/h1-8,10-11H,12H2,(H,23,24)(H,25,26). The van der Waals surface area contributed by atoms with Crippen molar-refractivity contribution in [3.05, 3.63) is 72.1 Å². The van der Waals surface area contributed by atoms with Crippen LogP contribution < -0.4 is 4.74 Å². The number of carboxylic acid groups (broad SMARTS) is 2. The maximum absolute atomic E-state index is 11.0. The number of aliphatic carboxylic acids is 1. The van der Waals surface area contributed by atoms with Crippen LogP contribution in [0.15, 0.2) is 60.9 Å². The number of nitriles is 1. The van der Waals surface area contributed by atoms with Gasteiger partial charge in [0.1, 0.15) is 11.8 Å². The second-order valence-corrected chi connectivity index (χ2v) is 5.64. The number of nitrogens with zero attached hydrogens (tertiary/aromatic N) is 2. The van der Waals surface area contributed by atoms with Gasteiger partial charge < -0.3 is 19.5 Å². The fourth-order valence-corrected chi connectivity index (χ4v) is 2.64. The first-order valence-electron chi connectivity index (χ1n) is 7.89. The van der Waals surface area contributed by atoms with Crippen LogP contribution >= 0.6 is 0 Å². The second kappa shape index (κ2) is 7.45. The van der Waals surface area contributed by atoms with Crippen molar-refractivity contribution >= 4 is 11.9 Å². The highest BCUT2D eigenvalue weighted by atomic mass is 16.5. The minimum Gasteiger partial charge on any atom is -0.481 e. The molecule has 1 aromatic heterocycles. The molecule has 0 fully saturated rings. The van der Waals surface area contributed by atoms with E-state index in [0.29, 0.717) is 28.1 Å². The third-order valence-corrected chi connectivity index (χ3v) is 3.89. The topological polar surface area (TPSA) is 113 Å². The van der Waals surface area contributed by atoms with E-state index in [9.17, 15) is 14.9 Å². The van der Waals surface area contributed by atoms with Gasteiger partial charge >= 0.3 is 11.9 Å². The lowest BCUT2D eigenvalue weighted by Gasteiger charge is -2.09. The summed E-state index contributed by atoms with van der Waals surface area (Å²) in [7, 11) is 0. The molecule has 0 aliphatic heterocycles. The molecule has 2 aromatic carbocycles. The second-order valence-electron chi connectivity index (χ2n) is 5.64. The molecule has 7 nitrogen and oxygen atoms in total. The minimum atomic E-state index is -1.10. The number of ether oxygens (including phenoxy) is 1. The molecule has 134 valence electrons. The summed E-state index contributed by atoms with van der Waals surface area (Å²) in [6.45, 7) is -0.490. The predicted octanol–water partition coefficient (Wildman–Crippen LogP) is 3.18. The number of para-hydroxylation sites is 1. The largest absolute Gasteiger partial charge is 0.481 e. The van der Waals surface area contributed by atoms with Crippen LogP contribution in [0.2, 0.25) is 0 Å². The molecule has 7 heteroatoms. The van der Waals surface area contributed by atoms with Crippen LogP contribution in [-0.4, -0.2) is 33.3 Å². The number of hydrogen-bond acceptors (Lipinski definition) is 4. The SMILES string of the molecule is N#Cc1cn(-c2ccc(C(=O)O)cc2)cc1-c1ccccc1OCC(=O)O. The van der Waals surface area contributed by atoms with Gasteiger partial charge in [-0.25, -0.2) is 9.59 Å². The third kappa shape index (κ3) is 3.80. The fourth-order valence-electron chi connectivity index (χ4n) is 2.64. The molecule has 0 unspecified atom stereocenters. The Hall–Kier alpha value is -4.05. The Kier molecular flexibility index (Phi) is 4.90. The lowest BCUT2D eigenvalue weighted by Crippen LogP contribution is -2.09. The van der Waals surface area contributed by atoms with Gasteiger partial charge in [0.25, 0.3) is 0 Å². The summed E-state index contributed by atoms with van der Waals surface area (Å²) >= 11 is 0. The first kappa shape index (κ1) is 17.8. The number of carboxylic acids is 2. The van der Waals surface area contributed by atoms with E-state index in [1.165, 1.54) is 12.1 Å². The lowest BCUT2D eigenvalue weighted by atomic mass is 10.0. The molecule has 0 aliphatic rings. The first-order chi connectivity index (χ1) is 13.0. The van der Waals surface area contributed by atoms with Crippen LogP contribution in [0.5, 0.6) is 5.75 Å². The molecular formula is C20H14N2O5. The van der Waals surface area contributed by atoms with Crippen molar-refractivity contribution in [2.24, 2.45) is 0 Å². The zero-order valence-corrected chi connectivity index (χ0v) is 14.0. The first-order valence-corrected chi connectivity index (χ1v) is 7.89. The summed E-state index contributed by atoms with van der Waals surface area (Å²) in [5.74, 6) is -1.76. The highest BCUT2D eigenvalue weighted by Gasteiger charge is 2.15. The van der Waals surface area contributed by atoms with Crippen molar-refractivity contribution in [3.63, 3.8) is 0 Å². The highest BCUT2D eigenvalue weighted by molar-refractivity contribution is 5.87. The van der Waals surface area contributed by atoms with Gasteiger partial charge in [0.2, 0.25) is 0 Å². The van der Waals surface area contributed by atoms with Crippen molar-refractivity contribution < 1.29 is 24.5 Å². The number of aromatic carboxylic acids is 1. The van der Waals surface area contributed by atoms with E-state index in [1.54, 1.807) is 53.4 Å².